The van der Waals surface area contributed by atoms with Gasteiger partial charge in [0, 0.05) is 30.5 Å². The summed E-state index contributed by atoms with van der Waals surface area (Å²) in [5.41, 5.74) is 1.20. The zero-order valence-corrected chi connectivity index (χ0v) is 8.49. The summed E-state index contributed by atoms with van der Waals surface area (Å²) in [6.07, 6.45) is 6.17. The van der Waals surface area contributed by atoms with Crippen LogP contribution in [0.25, 0.3) is 0 Å². The zero-order valence-electron chi connectivity index (χ0n) is 8.49. The van der Waals surface area contributed by atoms with Gasteiger partial charge in [-0.1, -0.05) is 0 Å². The second kappa shape index (κ2) is 4.57. The number of ether oxygens (including phenoxy) is 1. The Bertz CT molecular complexity index is 254. The van der Waals surface area contributed by atoms with Crippen LogP contribution in [-0.2, 0) is 4.74 Å². The van der Waals surface area contributed by atoms with E-state index in [-0.39, 0.29) is 0 Å². The normalized spacial score (nSPS) is 24.8. The Labute approximate surface area is 84.0 Å². The summed E-state index contributed by atoms with van der Waals surface area (Å²) in [5.74, 6) is 0. The fraction of sp³-hybridized carbons (Fsp3) is 0.700. The van der Waals surface area contributed by atoms with E-state index in [1.165, 1.54) is 12.0 Å². The molecule has 2 N–H and O–H groups in total. The zero-order chi connectivity index (χ0) is 9.80. The van der Waals surface area contributed by atoms with Gasteiger partial charge < -0.3 is 10.1 Å². The highest BCUT2D eigenvalue weighted by Gasteiger charge is 2.16. The summed E-state index contributed by atoms with van der Waals surface area (Å²) in [6.45, 7) is 3.90. The minimum atomic E-state index is 0.348. The van der Waals surface area contributed by atoms with Crippen molar-refractivity contribution in [3.63, 3.8) is 0 Å². The summed E-state index contributed by atoms with van der Waals surface area (Å²) in [5, 5.41) is 10.3. The van der Waals surface area contributed by atoms with Crippen LogP contribution in [0.1, 0.15) is 31.4 Å². The van der Waals surface area contributed by atoms with Crippen molar-refractivity contribution < 1.29 is 4.74 Å². The number of aromatic amines is 1. The first-order valence-corrected chi connectivity index (χ1v) is 5.19. The highest BCUT2D eigenvalue weighted by Crippen LogP contribution is 2.14. The topological polar surface area (TPSA) is 49.9 Å². The van der Waals surface area contributed by atoms with Gasteiger partial charge in [0.25, 0.3) is 0 Å². The van der Waals surface area contributed by atoms with Crippen LogP contribution in [0.5, 0.6) is 0 Å². The molecule has 1 aromatic rings. The quantitative estimate of drug-likeness (QED) is 0.763. The van der Waals surface area contributed by atoms with Gasteiger partial charge >= 0.3 is 0 Å². The fourth-order valence-corrected chi connectivity index (χ4v) is 1.82. The molecule has 0 aliphatic carbocycles. The standard InChI is InChI=1S/C10H17N3O/c1-8(9-5-11-12-6-9)13-10-3-2-4-14-7-10/h5-6,8,10,13H,2-4,7H2,1H3,(H,11,12). The summed E-state index contributed by atoms with van der Waals surface area (Å²) in [4.78, 5) is 0. The third kappa shape index (κ3) is 2.33. The van der Waals surface area contributed by atoms with E-state index in [2.05, 4.69) is 22.4 Å². The van der Waals surface area contributed by atoms with E-state index in [0.717, 1.165) is 19.6 Å². The third-order valence-electron chi connectivity index (χ3n) is 2.67. The van der Waals surface area contributed by atoms with Gasteiger partial charge in [-0.2, -0.15) is 5.10 Å². The number of nitrogens with one attached hydrogen (secondary N) is 2. The molecule has 4 heteroatoms. The van der Waals surface area contributed by atoms with Crippen molar-refractivity contribution in [2.24, 2.45) is 0 Å². The number of nitrogens with zero attached hydrogens (tertiary/aromatic N) is 1. The Hall–Kier alpha value is -0.870. The average Bonchev–Trinajstić information content (AvgIpc) is 2.72. The molecule has 2 atom stereocenters. The molecule has 0 aromatic carbocycles. The van der Waals surface area contributed by atoms with E-state index in [1.54, 1.807) is 0 Å². The van der Waals surface area contributed by atoms with Crippen molar-refractivity contribution in [1.29, 1.82) is 0 Å². The Balaban J connectivity index is 1.84. The van der Waals surface area contributed by atoms with Crippen LogP contribution in [0.3, 0.4) is 0 Å². The monoisotopic (exact) mass is 195 g/mol. The molecule has 1 saturated heterocycles. The van der Waals surface area contributed by atoms with Crippen molar-refractivity contribution in [3.05, 3.63) is 18.0 Å². The van der Waals surface area contributed by atoms with E-state index in [9.17, 15) is 0 Å². The molecule has 1 fully saturated rings. The van der Waals surface area contributed by atoms with Crippen molar-refractivity contribution >= 4 is 0 Å². The van der Waals surface area contributed by atoms with E-state index in [1.807, 2.05) is 12.4 Å². The SMILES string of the molecule is CC(NC1CCCOC1)c1cn[nH]c1. The van der Waals surface area contributed by atoms with Crippen LogP contribution >= 0.6 is 0 Å². The maximum absolute atomic E-state index is 5.41. The Kier molecular flexibility index (Phi) is 3.16. The number of hydrogen-bond acceptors (Lipinski definition) is 3. The summed E-state index contributed by atoms with van der Waals surface area (Å²) < 4.78 is 5.41. The van der Waals surface area contributed by atoms with Gasteiger partial charge in [-0.3, -0.25) is 5.10 Å². The molecule has 0 amide bonds. The first kappa shape index (κ1) is 9.68. The lowest BCUT2D eigenvalue weighted by Gasteiger charge is -2.26. The van der Waals surface area contributed by atoms with Crippen LogP contribution in [0.15, 0.2) is 12.4 Å². The molecule has 0 spiro atoms. The van der Waals surface area contributed by atoms with Crippen molar-refractivity contribution in [1.82, 2.24) is 15.5 Å². The first-order chi connectivity index (χ1) is 6.86. The van der Waals surface area contributed by atoms with Crippen molar-refractivity contribution in [2.75, 3.05) is 13.2 Å². The number of rotatable bonds is 3. The van der Waals surface area contributed by atoms with Gasteiger partial charge in [0.1, 0.15) is 0 Å². The Morgan fingerprint density at radius 3 is 3.29 bits per heavy atom. The lowest BCUT2D eigenvalue weighted by Crippen LogP contribution is -2.38. The van der Waals surface area contributed by atoms with E-state index >= 15 is 0 Å². The molecule has 0 saturated carbocycles. The van der Waals surface area contributed by atoms with E-state index in [0.29, 0.717) is 12.1 Å². The lowest BCUT2D eigenvalue weighted by molar-refractivity contribution is 0.0671. The van der Waals surface area contributed by atoms with E-state index in [4.69, 9.17) is 4.74 Å². The minimum Gasteiger partial charge on any atom is -0.380 e. The first-order valence-electron chi connectivity index (χ1n) is 5.19. The molecule has 4 nitrogen and oxygen atoms in total. The van der Waals surface area contributed by atoms with Gasteiger partial charge in [-0.15, -0.1) is 0 Å². The predicted octanol–water partition coefficient (Wildman–Crippen LogP) is 1.24. The third-order valence-corrected chi connectivity index (χ3v) is 2.67. The van der Waals surface area contributed by atoms with Crippen LogP contribution in [0.4, 0.5) is 0 Å². The van der Waals surface area contributed by atoms with Gasteiger partial charge in [-0.25, -0.2) is 0 Å². The van der Waals surface area contributed by atoms with Crippen LogP contribution in [0.2, 0.25) is 0 Å². The number of hydrogen-bond donors (Lipinski definition) is 2. The van der Waals surface area contributed by atoms with Gasteiger partial charge in [0.15, 0.2) is 0 Å². The van der Waals surface area contributed by atoms with Gasteiger partial charge in [0.2, 0.25) is 0 Å². The summed E-state index contributed by atoms with van der Waals surface area (Å²) in [7, 11) is 0. The molecule has 1 aliphatic heterocycles. The smallest absolute Gasteiger partial charge is 0.0619 e. The second-order valence-electron chi connectivity index (χ2n) is 3.83. The molecule has 0 bridgehead atoms. The maximum Gasteiger partial charge on any atom is 0.0619 e. The minimum absolute atomic E-state index is 0.348. The molecule has 2 rings (SSSR count). The molecule has 78 valence electrons. The Morgan fingerprint density at radius 2 is 2.64 bits per heavy atom. The molecule has 2 heterocycles. The van der Waals surface area contributed by atoms with Crippen molar-refractivity contribution in [2.45, 2.75) is 31.8 Å². The second-order valence-corrected chi connectivity index (χ2v) is 3.83. The molecule has 0 radical (unpaired) electrons. The predicted molar refractivity (Wildman–Crippen MR) is 54.0 cm³/mol. The number of aromatic nitrogens is 2. The van der Waals surface area contributed by atoms with Crippen molar-refractivity contribution in [3.8, 4) is 0 Å². The van der Waals surface area contributed by atoms with Crippen LogP contribution in [-0.4, -0.2) is 29.5 Å². The van der Waals surface area contributed by atoms with Gasteiger partial charge in [-0.05, 0) is 19.8 Å². The summed E-state index contributed by atoms with van der Waals surface area (Å²) >= 11 is 0. The van der Waals surface area contributed by atoms with Crippen LogP contribution in [0, 0.1) is 0 Å². The molecule has 1 aromatic heterocycles. The summed E-state index contributed by atoms with van der Waals surface area (Å²) in [6, 6.07) is 0.842. The highest BCUT2D eigenvalue weighted by atomic mass is 16.5. The highest BCUT2D eigenvalue weighted by molar-refractivity contribution is 5.08. The van der Waals surface area contributed by atoms with E-state index < -0.39 is 0 Å². The maximum atomic E-state index is 5.41. The average molecular weight is 195 g/mol. The Morgan fingerprint density at radius 1 is 1.71 bits per heavy atom. The molecule has 14 heavy (non-hydrogen) atoms. The molecule has 2 unspecified atom stereocenters. The molecular weight excluding hydrogens is 178 g/mol. The molecule has 1 aliphatic rings. The fourth-order valence-electron chi connectivity index (χ4n) is 1.82. The number of H-pyrrole nitrogens is 1. The van der Waals surface area contributed by atoms with Crippen LogP contribution < -0.4 is 5.32 Å². The molecular formula is C10H17N3O. The largest absolute Gasteiger partial charge is 0.380 e. The lowest BCUT2D eigenvalue weighted by atomic mass is 10.1. The van der Waals surface area contributed by atoms with Gasteiger partial charge in [0.05, 0.1) is 12.8 Å².